The molecule has 2 fully saturated rings. The van der Waals surface area contributed by atoms with E-state index in [0.717, 1.165) is 24.6 Å². The van der Waals surface area contributed by atoms with Gasteiger partial charge >= 0.3 is 0 Å². The third kappa shape index (κ3) is 2.64. The van der Waals surface area contributed by atoms with Crippen molar-refractivity contribution in [2.45, 2.75) is 18.9 Å². The summed E-state index contributed by atoms with van der Waals surface area (Å²) in [5.74, 6) is -0.310. The van der Waals surface area contributed by atoms with E-state index in [1.165, 1.54) is 24.3 Å². The van der Waals surface area contributed by atoms with E-state index in [0.29, 0.717) is 9.23 Å². The lowest BCUT2D eigenvalue weighted by Gasteiger charge is -2.11. The molecule has 0 aromatic heterocycles. The molecule has 21 heavy (non-hydrogen) atoms. The topological polar surface area (TPSA) is 83.7 Å². The minimum atomic E-state index is -0.549. The normalized spacial score (nSPS) is 20.4. The number of rotatable bonds is 3. The molecule has 2 aliphatic rings. The molecule has 1 aromatic carbocycles. The van der Waals surface area contributed by atoms with Gasteiger partial charge in [-0.15, -0.1) is 0 Å². The van der Waals surface area contributed by atoms with Crippen LogP contribution < -0.4 is 0 Å². The summed E-state index contributed by atoms with van der Waals surface area (Å²) >= 11 is 6.34. The lowest BCUT2D eigenvalue weighted by Crippen LogP contribution is -2.30. The first-order chi connectivity index (χ1) is 9.97. The molecule has 108 valence electrons. The number of phenols is 1. The third-order valence-electron chi connectivity index (χ3n) is 3.24. The van der Waals surface area contributed by atoms with Crippen LogP contribution in [0, 0.1) is 10.1 Å². The summed E-state index contributed by atoms with van der Waals surface area (Å²) in [5.41, 5.74) is 0.0946. The van der Waals surface area contributed by atoms with Gasteiger partial charge in [-0.1, -0.05) is 24.0 Å². The Kier molecular flexibility index (Phi) is 3.42. The Bertz CT molecular complexity index is 697. The highest BCUT2D eigenvalue weighted by Gasteiger charge is 2.42. The molecule has 0 radical (unpaired) electrons. The minimum Gasteiger partial charge on any atom is -0.507 e. The first-order valence-electron chi connectivity index (χ1n) is 6.22. The highest BCUT2D eigenvalue weighted by Crippen LogP contribution is 2.40. The molecule has 1 N–H and O–H groups in total. The number of hydrogen-bond acceptors (Lipinski definition) is 6. The van der Waals surface area contributed by atoms with Crippen molar-refractivity contribution in [2.75, 3.05) is 0 Å². The average molecular weight is 322 g/mol. The molecule has 1 aliphatic carbocycles. The van der Waals surface area contributed by atoms with E-state index in [1.807, 2.05) is 0 Å². The van der Waals surface area contributed by atoms with Crippen LogP contribution in [-0.2, 0) is 4.79 Å². The summed E-state index contributed by atoms with van der Waals surface area (Å²) in [6, 6.07) is 3.87. The predicted molar refractivity (Wildman–Crippen MR) is 82.8 cm³/mol. The van der Waals surface area contributed by atoms with Gasteiger partial charge in [0.1, 0.15) is 10.1 Å². The Morgan fingerprint density at radius 1 is 1.48 bits per heavy atom. The zero-order chi connectivity index (χ0) is 15.1. The number of carbonyl (C=O) groups excluding carboxylic acids is 1. The number of thiocarbonyl (C=S) groups is 1. The fourth-order valence-electron chi connectivity index (χ4n) is 2.04. The Balaban J connectivity index is 1.95. The Morgan fingerprint density at radius 2 is 2.19 bits per heavy atom. The van der Waals surface area contributed by atoms with Gasteiger partial charge in [0.2, 0.25) is 0 Å². The van der Waals surface area contributed by atoms with Crippen LogP contribution in [-0.4, -0.2) is 31.2 Å². The number of benzene rings is 1. The summed E-state index contributed by atoms with van der Waals surface area (Å²) in [6.07, 6.45) is 3.34. The van der Waals surface area contributed by atoms with Gasteiger partial charge in [-0.25, -0.2) is 0 Å². The molecule has 1 saturated carbocycles. The van der Waals surface area contributed by atoms with Gasteiger partial charge < -0.3 is 5.11 Å². The van der Waals surface area contributed by atoms with E-state index in [-0.39, 0.29) is 28.9 Å². The summed E-state index contributed by atoms with van der Waals surface area (Å²) in [6.45, 7) is 0. The van der Waals surface area contributed by atoms with Gasteiger partial charge in [0.05, 0.1) is 9.83 Å². The molecule has 1 aliphatic heterocycles. The largest absolute Gasteiger partial charge is 0.507 e. The Hall–Kier alpha value is -1.93. The molecule has 8 heteroatoms. The zero-order valence-corrected chi connectivity index (χ0v) is 12.3. The summed E-state index contributed by atoms with van der Waals surface area (Å²) in [4.78, 5) is 24.4. The summed E-state index contributed by atoms with van der Waals surface area (Å²) < 4.78 is 0.499. The number of thioether (sulfide) groups is 1. The number of amides is 1. The second-order valence-corrected chi connectivity index (χ2v) is 6.46. The van der Waals surface area contributed by atoms with Crippen molar-refractivity contribution in [2.24, 2.45) is 0 Å². The van der Waals surface area contributed by atoms with Crippen LogP contribution in [0.1, 0.15) is 18.4 Å². The van der Waals surface area contributed by atoms with Gasteiger partial charge in [-0.2, -0.15) is 0 Å². The molecule has 1 amide bonds. The molecule has 1 aromatic rings. The van der Waals surface area contributed by atoms with E-state index in [1.54, 1.807) is 4.90 Å². The first kappa shape index (κ1) is 14.0. The quantitative estimate of drug-likeness (QED) is 0.399. The van der Waals surface area contributed by atoms with Gasteiger partial charge in [-0.3, -0.25) is 19.8 Å². The van der Waals surface area contributed by atoms with Crippen molar-refractivity contribution in [1.82, 2.24) is 4.90 Å². The van der Waals surface area contributed by atoms with E-state index in [4.69, 9.17) is 12.2 Å². The van der Waals surface area contributed by atoms with Crippen LogP contribution >= 0.6 is 24.0 Å². The van der Waals surface area contributed by atoms with Crippen LogP contribution in [0.5, 0.6) is 5.75 Å². The molecule has 6 nitrogen and oxygen atoms in total. The number of aromatic hydroxyl groups is 1. The van der Waals surface area contributed by atoms with Crippen LogP contribution in [0.25, 0.3) is 6.08 Å². The third-order valence-corrected chi connectivity index (χ3v) is 4.57. The second kappa shape index (κ2) is 5.12. The van der Waals surface area contributed by atoms with Crippen LogP contribution in [0.2, 0.25) is 0 Å². The number of carbonyl (C=O) groups is 1. The molecule has 3 rings (SSSR count). The van der Waals surface area contributed by atoms with E-state index in [2.05, 4.69) is 0 Å². The minimum absolute atomic E-state index is 0.114. The fourth-order valence-corrected chi connectivity index (χ4v) is 3.43. The Morgan fingerprint density at radius 3 is 2.81 bits per heavy atom. The molecule has 1 saturated heterocycles. The average Bonchev–Trinajstić information content (AvgIpc) is 3.20. The van der Waals surface area contributed by atoms with Crippen molar-refractivity contribution >= 4 is 46.0 Å². The maximum atomic E-state index is 12.3. The van der Waals surface area contributed by atoms with Gasteiger partial charge in [0, 0.05) is 23.7 Å². The summed E-state index contributed by atoms with van der Waals surface area (Å²) in [7, 11) is 0. The number of hydrogen-bond donors (Lipinski definition) is 1. The van der Waals surface area contributed by atoms with Crippen LogP contribution in [0.3, 0.4) is 0 Å². The molecular formula is C13H10N2O4S2. The number of nitro benzene ring substituents is 1. The van der Waals surface area contributed by atoms with Crippen LogP contribution in [0.15, 0.2) is 23.1 Å². The zero-order valence-electron chi connectivity index (χ0n) is 10.7. The van der Waals surface area contributed by atoms with Crippen molar-refractivity contribution in [1.29, 1.82) is 0 Å². The Labute approximate surface area is 129 Å². The number of non-ortho nitro benzene ring substituents is 1. The monoisotopic (exact) mass is 322 g/mol. The molecule has 1 heterocycles. The second-order valence-electron chi connectivity index (χ2n) is 4.78. The molecule has 0 atom stereocenters. The molecular weight excluding hydrogens is 312 g/mol. The van der Waals surface area contributed by atoms with E-state index >= 15 is 0 Å². The number of nitrogens with zero attached hydrogens (tertiary/aromatic N) is 2. The van der Waals surface area contributed by atoms with Crippen LogP contribution in [0.4, 0.5) is 5.69 Å². The first-order valence-corrected chi connectivity index (χ1v) is 7.44. The molecule has 0 spiro atoms. The van der Waals surface area contributed by atoms with Gasteiger partial charge in [-0.05, 0) is 25.0 Å². The van der Waals surface area contributed by atoms with Crippen molar-refractivity contribution < 1.29 is 14.8 Å². The lowest BCUT2D eigenvalue weighted by molar-refractivity contribution is -0.384. The fraction of sp³-hybridized carbons (Fsp3) is 0.231. The summed E-state index contributed by atoms with van der Waals surface area (Å²) in [5, 5.41) is 20.6. The van der Waals surface area contributed by atoms with Gasteiger partial charge in [0.25, 0.3) is 11.6 Å². The maximum absolute atomic E-state index is 12.3. The van der Waals surface area contributed by atoms with Gasteiger partial charge in [0.15, 0.2) is 0 Å². The smallest absolute Gasteiger partial charge is 0.270 e. The molecule has 0 unspecified atom stereocenters. The highest BCUT2D eigenvalue weighted by atomic mass is 32.2. The SMILES string of the molecule is O=C1/C(=C/c2cc([N+](=O)[O-])ccc2O)SC(=S)N1C1CC1. The predicted octanol–water partition coefficient (Wildman–Crippen LogP) is 2.66. The highest BCUT2D eigenvalue weighted by molar-refractivity contribution is 8.26. The number of phenolic OH excluding ortho intramolecular Hbond substituents is 1. The van der Waals surface area contributed by atoms with Crippen molar-refractivity contribution in [3.05, 3.63) is 38.8 Å². The molecule has 0 bridgehead atoms. The number of nitro groups is 1. The van der Waals surface area contributed by atoms with Crippen molar-refractivity contribution in [3.8, 4) is 5.75 Å². The maximum Gasteiger partial charge on any atom is 0.270 e. The lowest BCUT2D eigenvalue weighted by atomic mass is 10.1. The van der Waals surface area contributed by atoms with E-state index < -0.39 is 4.92 Å². The van der Waals surface area contributed by atoms with E-state index in [9.17, 15) is 20.0 Å². The standard InChI is InChI=1S/C13H10N2O4S2/c16-10-4-3-9(15(18)19)5-7(10)6-11-12(17)14(8-1-2-8)13(20)21-11/h3-6,8,16H,1-2H2/b11-6-. The van der Waals surface area contributed by atoms with Crippen molar-refractivity contribution in [3.63, 3.8) is 0 Å².